The number of anilines is 2. The lowest BCUT2D eigenvalue weighted by Gasteiger charge is -2.38. The van der Waals surface area contributed by atoms with Crippen LogP contribution in [0.25, 0.3) is 0 Å². The number of rotatable bonds is 7. The summed E-state index contributed by atoms with van der Waals surface area (Å²) in [6, 6.07) is 20.4. The number of hydrogen-bond acceptors (Lipinski definition) is 8. The molecule has 2 N–H and O–H groups in total. The SMILES string of the molecule is S=C(NCC1(c2cccc(Cl)c2)CCOCC1)Nc1nc(Sc2ncccn2)cc(N2CCc3ccccc3C2)n1. The highest BCUT2D eigenvalue weighted by Gasteiger charge is 2.35. The molecule has 41 heavy (non-hydrogen) atoms. The van der Waals surface area contributed by atoms with E-state index in [0.717, 1.165) is 48.2 Å². The van der Waals surface area contributed by atoms with E-state index < -0.39 is 0 Å². The van der Waals surface area contributed by atoms with Crippen LogP contribution in [0.3, 0.4) is 0 Å². The minimum absolute atomic E-state index is 0.134. The molecule has 2 aromatic heterocycles. The maximum atomic E-state index is 6.35. The molecule has 4 heterocycles. The van der Waals surface area contributed by atoms with Crippen LogP contribution < -0.4 is 15.5 Å². The summed E-state index contributed by atoms with van der Waals surface area (Å²) in [5.41, 5.74) is 3.75. The highest BCUT2D eigenvalue weighted by atomic mass is 35.5. The van der Waals surface area contributed by atoms with Crippen LogP contribution in [-0.4, -0.2) is 51.4 Å². The second kappa shape index (κ2) is 12.7. The molecule has 0 radical (unpaired) electrons. The molecule has 1 fully saturated rings. The van der Waals surface area contributed by atoms with Gasteiger partial charge in [-0.1, -0.05) is 48.0 Å². The number of ether oxygens (including phenoxy) is 1. The van der Waals surface area contributed by atoms with Crippen molar-refractivity contribution < 1.29 is 4.74 Å². The van der Waals surface area contributed by atoms with Crippen LogP contribution in [0.4, 0.5) is 11.8 Å². The number of hydrogen-bond donors (Lipinski definition) is 2. The first-order chi connectivity index (χ1) is 20.1. The van der Waals surface area contributed by atoms with Gasteiger partial charge in [0.25, 0.3) is 0 Å². The van der Waals surface area contributed by atoms with Gasteiger partial charge in [-0.2, -0.15) is 4.98 Å². The standard InChI is InChI=1S/C30H30ClN7OS2/c31-24-8-3-7-23(17-24)30(10-15-39-16-11-30)20-34-28(40)37-27-35-25(18-26(36-27)41-29-32-12-4-13-33-29)38-14-9-21-5-1-2-6-22(21)19-38/h1-8,12-13,17-18H,9-11,14-16,19-20H2,(H2,34,35,36,37,40). The number of benzene rings is 2. The average molecular weight is 604 g/mol. The molecule has 0 amide bonds. The molecule has 0 aliphatic carbocycles. The fraction of sp³-hybridized carbons (Fsp3) is 0.300. The Balaban J connectivity index is 1.22. The zero-order valence-electron chi connectivity index (χ0n) is 22.4. The van der Waals surface area contributed by atoms with E-state index in [4.69, 9.17) is 38.5 Å². The first kappa shape index (κ1) is 27.8. The van der Waals surface area contributed by atoms with Gasteiger partial charge in [0.1, 0.15) is 10.8 Å². The fourth-order valence-corrected chi connectivity index (χ4v) is 6.41. The quantitative estimate of drug-likeness (QED) is 0.156. The fourth-order valence-electron chi connectivity index (χ4n) is 5.35. The predicted octanol–water partition coefficient (Wildman–Crippen LogP) is 5.67. The van der Waals surface area contributed by atoms with Gasteiger partial charge >= 0.3 is 0 Å². The molecule has 210 valence electrons. The maximum Gasteiger partial charge on any atom is 0.232 e. The van der Waals surface area contributed by atoms with Crippen molar-refractivity contribution in [2.75, 3.05) is 36.5 Å². The number of aromatic nitrogens is 4. The zero-order valence-corrected chi connectivity index (χ0v) is 24.8. The summed E-state index contributed by atoms with van der Waals surface area (Å²) in [7, 11) is 0. The van der Waals surface area contributed by atoms with Crippen LogP contribution in [-0.2, 0) is 23.1 Å². The van der Waals surface area contributed by atoms with Gasteiger partial charge in [0.15, 0.2) is 10.3 Å². The molecular formula is C30H30ClN7OS2. The van der Waals surface area contributed by atoms with Crippen LogP contribution in [0.15, 0.2) is 83.2 Å². The van der Waals surface area contributed by atoms with E-state index in [1.165, 1.54) is 28.5 Å². The van der Waals surface area contributed by atoms with Gasteiger partial charge in [-0.3, -0.25) is 0 Å². The molecule has 1 saturated heterocycles. The van der Waals surface area contributed by atoms with E-state index in [9.17, 15) is 0 Å². The topological polar surface area (TPSA) is 88.1 Å². The Labute approximate surface area is 254 Å². The van der Waals surface area contributed by atoms with Crippen molar-refractivity contribution in [2.45, 2.75) is 41.4 Å². The monoisotopic (exact) mass is 603 g/mol. The Morgan fingerprint density at radius 2 is 1.80 bits per heavy atom. The van der Waals surface area contributed by atoms with Crippen molar-refractivity contribution in [3.63, 3.8) is 0 Å². The summed E-state index contributed by atoms with van der Waals surface area (Å²) in [6.45, 7) is 3.68. The second-order valence-electron chi connectivity index (χ2n) is 10.2. The Morgan fingerprint density at radius 3 is 2.61 bits per heavy atom. The molecule has 0 spiro atoms. The van der Waals surface area contributed by atoms with Gasteiger partial charge in [-0.15, -0.1) is 0 Å². The summed E-state index contributed by atoms with van der Waals surface area (Å²) >= 11 is 13.5. The minimum atomic E-state index is -0.134. The maximum absolute atomic E-state index is 6.35. The molecule has 6 rings (SSSR count). The third-order valence-electron chi connectivity index (χ3n) is 7.58. The van der Waals surface area contributed by atoms with Crippen molar-refractivity contribution in [1.82, 2.24) is 25.3 Å². The first-order valence-electron chi connectivity index (χ1n) is 13.6. The molecule has 0 saturated carbocycles. The number of halogens is 1. The summed E-state index contributed by atoms with van der Waals surface area (Å²) in [5.74, 6) is 1.26. The summed E-state index contributed by atoms with van der Waals surface area (Å²) in [4.78, 5) is 20.6. The number of thiocarbonyl (C=S) groups is 1. The predicted molar refractivity (Wildman–Crippen MR) is 167 cm³/mol. The third-order valence-corrected chi connectivity index (χ3v) is 8.87. The minimum Gasteiger partial charge on any atom is -0.381 e. The average Bonchev–Trinajstić information content (AvgIpc) is 3.01. The molecule has 2 aliphatic heterocycles. The van der Waals surface area contributed by atoms with E-state index in [1.807, 2.05) is 24.3 Å². The normalized spacial score (nSPS) is 16.1. The van der Waals surface area contributed by atoms with Crippen LogP contribution in [0.2, 0.25) is 5.02 Å². The van der Waals surface area contributed by atoms with Crippen molar-refractivity contribution >= 4 is 52.5 Å². The Hall–Kier alpha value is -3.31. The van der Waals surface area contributed by atoms with Crippen molar-refractivity contribution in [2.24, 2.45) is 0 Å². The van der Waals surface area contributed by atoms with Crippen LogP contribution in [0, 0.1) is 0 Å². The van der Waals surface area contributed by atoms with Gasteiger partial charge in [-0.25, -0.2) is 15.0 Å². The molecule has 11 heteroatoms. The Kier molecular flexibility index (Phi) is 8.62. The highest BCUT2D eigenvalue weighted by molar-refractivity contribution is 7.99. The molecule has 4 aromatic rings. The van der Waals surface area contributed by atoms with E-state index in [2.05, 4.69) is 55.8 Å². The Morgan fingerprint density at radius 1 is 1.00 bits per heavy atom. The Bertz CT molecular complexity index is 1520. The lowest BCUT2D eigenvalue weighted by atomic mass is 9.74. The lowest BCUT2D eigenvalue weighted by Crippen LogP contribution is -2.45. The largest absolute Gasteiger partial charge is 0.381 e. The van der Waals surface area contributed by atoms with E-state index in [-0.39, 0.29) is 5.41 Å². The van der Waals surface area contributed by atoms with Gasteiger partial charge in [0.05, 0.1) is 0 Å². The van der Waals surface area contributed by atoms with E-state index in [0.29, 0.717) is 36.0 Å². The number of nitrogens with zero attached hydrogens (tertiary/aromatic N) is 5. The van der Waals surface area contributed by atoms with Crippen LogP contribution in [0.5, 0.6) is 0 Å². The van der Waals surface area contributed by atoms with Crippen LogP contribution in [0.1, 0.15) is 29.5 Å². The van der Waals surface area contributed by atoms with Gasteiger partial charge in [-0.05, 0) is 78.1 Å². The molecule has 0 bridgehead atoms. The summed E-state index contributed by atoms with van der Waals surface area (Å²) < 4.78 is 5.69. The van der Waals surface area contributed by atoms with Crippen molar-refractivity contribution in [3.8, 4) is 0 Å². The van der Waals surface area contributed by atoms with Gasteiger partial charge < -0.3 is 20.3 Å². The molecule has 8 nitrogen and oxygen atoms in total. The molecule has 0 unspecified atom stereocenters. The molecular weight excluding hydrogens is 574 g/mol. The zero-order chi connectivity index (χ0) is 28.1. The molecule has 2 aromatic carbocycles. The lowest BCUT2D eigenvalue weighted by molar-refractivity contribution is 0.0515. The van der Waals surface area contributed by atoms with E-state index >= 15 is 0 Å². The van der Waals surface area contributed by atoms with Crippen molar-refractivity contribution in [1.29, 1.82) is 0 Å². The van der Waals surface area contributed by atoms with Crippen LogP contribution >= 0.6 is 35.6 Å². The second-order valence-corrected chi connectivity index (χ2v) is 12.0. The highest BCUT2D eigenvalue weighted by Crippen LogP contribution is 2.35. The van der Waals surface area contributed by atoms with Crippen molar-refractivity contribution in [3.05, 3.63) is 94.8 Å². The number of fused-ring (bicyclic) bond motifs is 1. The summed E-state index contributed by atoms with van der Waals surface area (Å²) in [5, 5.41) is 9.24. The first-order valence-corrected chi connectivity index (χ1v) is 15.2. The van der Waals surface area contributed by atoms with Gasteiger partial charge in [0, 0.05) is 61.7 Å². The number of nitrogens with one attached hydrogen (secondary N) is 2. The van der Waals surface area contributed by atoms with E-state index in [1.54, 1.807) is 18.5 Å². The smallest absolute Gasteiger partial charge is 0.232 e. The molecule has 0 atom stereocenters. The third kappa shape index (κ3) is 6.78. The summed E-state index contributed by atoms with van der Waals surface area (Å²) in [6.07, 6.45) is 6.17. The molecule has 2 aliphatic rings. The van der Waals surface area contributed by atoms with Gasteiger partial charge in [0.2, 0.25) is 5.95 Å².